The maximum atomic E-state index is 13.2. The van der Waals surface area contributed by atoms with Crippen molar-refractivity contribution in [2.24, 2.45) is 18.9 Å². The number of aryl methyl sites for hydroxylation is 1. The molecule has 3 rings (SSSR count). The third-order valence-corrected chi connectivity index (χ3v) is 6.39. The highest BCUT2D eigenvalue weighted by Gasteiger charge is 2.34. The number of nitrogens with zero attached hydrogens (tertiary/aromatic N) is 2. The van der Waals surface area contributed by atoms with Crippen LogP contribution in [0.5, 0.6) is 0 Å². The van der Waals surface area contributed by atoms with Crippen LogP contribution in [0.1, 0.15) is 43.6 Å². The fourth-order valence-corrected chi connectivity index (χ4v) is 4.16. The maximum Gasteiger partial charge on any atom is 0.306 e. The van der Waals surface area contributed by atoms with Gasteiger partial charge in [0, 0.05) is 36.1 Å². The van der Waals surface area contributed by atoms with E-state index in [9.17, 15) is 19.5 Å². The van der Waals surface area contributed by atoms with Gasteiger partial charge in [-0.3, -0.25) is 14.4 Å². The van der Waals surface area contributed by atoms with E-state index in [0.717, 1.165) is 17.3 Å². The maximum absolute atomic E-state index is 13.2. The molecule has 2 N–H and O–H groups in total. The molecule has 1 aliphatic rings. The lowest BCUT2D eigenvalue weighted by Crippen LogP contribution is -2.53. The van der Waals surface area contributed by atoms with Crippen LogP contribution in [0.4, 0.5) is 0 Å². The van der Waals surface area contributed by atoms with Crippen LogP contribution in [0.3, 0.4) is 0 Å². The fourth-order valence-electron chi connectivity index (χ4n) is 3.98. The van der Waals surface area contributed by atoms with Gasteiger partial charge in [-0.15, -0.1) is 0 Å². The summed E-state index contributed by atoms with van der Waals surface area (Å²) in [5.74, 6) is -1.74. The highest BCUT2D eigenvalue weighted by atomic mass is 35.5. The predicted octanol–water partition coefficient (Wildman–Crippen LogP) is 3.30. The lowest BCUT2D eigenvalue weighted by Gasteiger charge is -2.34. The molecule has 1 aromatic heterocycles. The highest BCUT2D eigenvalue weighted by molar-refractivity contribution is 6.31. The molecule has 2 aromatic rings. The minimum atomic E-state index is -0.815. The van der Waals surface area contributed by atoms with Crippen LogP contribution in [-0.2, 0) is 16.6 Å². The molecule has 0 unspecified atom stereocenters. The first-order chi connectivity index (χ1) is 14.2. The number of aromatic nitrogens is 1. The first-order valence-electron chi connectivity index (χ1n) is 10.3. The van der Waals surface area contributed by atoms with Crippen molar-refractivity contribution in [3.05, 3.63) is 35.0 Å². The summed E-state index contributed by atoms with van der Waals surface area (Å²) in [4.78, 5) is 39.1. The molecular formula is C22H28ClN3O4. The number of hydrogen-bond acceptors (Lipinski definition) is 3. The van der Waals surface area contributed by atoms with E-state index in [0.29, 0.717) is 36.6 Å². The molecule has 0 bridgehead atoms. The molecule has 1 saturated heterocycles. The van der Waals surface area contributed by atoms with Gasteiger partial charge in [0.15, 0.2) is 0 Å². The van der Waals surface area contributed by atoms with Crippen molar-refractivity contribution in [3.8, 4) is 0 Å². The molecule has 0 radical (unpaired) electrons. The molecule has 0 aliphatic carbocycles. The molecule has 2 atom stereocenters. The van der Waals surface area contributed by atoms with E-state index in [-0.39, 0.29) is 17.7 Å². The van der Waals surface area contributed by atoms with Crippen molar-refractivity contribution >= 4 is 40.3 Å². The Labute approximate surface area is 181 Å². The number of likely N-dealkylation sites (tertiary alicyclic amines) is 1. The highest BCUT2D eigenvalue weighted by Crippen LogP contribution is 2.24. The topological polar surface area (TPSA) is 91.6 Å². The number of carboxylic acid groups (broad SMARTS) is 1. The summed E-state index contributed by atoms with van der Waals surface area (Å²) in [5.41, 5.74) is 1.34. The molecule has 1 aliphatic heterocycles. The number of carbonyl (C=O) groups is 3. The lowest BCUT2D eigenvalue weighted by molar-refractivity contribution is -0.146. The minimum absolute atomic E-state index is 0.0530. The molecule has 0 saturated carbocycles. The number of aliphatic carboxylic acids is 1. The molecule has 7 nitrogen and oxygen atoms in total. The number of carboxylic acids is 1. The van der Waals surface area contributed by atoms with Crippen LogP contribution in [0.25, 0.3) is 10.9 Å². The van der Waals surface area contributed by atoms with Crippen molar-refractivity contribution < 1.29 is 19.5 Å². The van der Waals surface area contributed by atoms with Gasteiger partial charge in [0.25, 0.3) is 5.91 Å². The van der Waals surface area contributed by atoms with E-state index in [4.69, 9.17) is 11.6 Å². The molecular weight excluding hydrogens is 406 g/mol. The van der Waals surface area contributed by atoms with Crippen molar-refractivity contribution in [2.75, 3.05) is 13.1 Å². The Morgan fingerprint density at radius 2 is 1.90 bits per heavy atom. The average molecular weight is 434 g/mol. The number of halogens is 1. The zero-order valence-corrected chi connectivity index (χ0v) is 18.3. The summed E-state index contributed by atoms with van der Waals surface area (Å²) in [6, 6.07) is 6.55. The Balaban J connectivity index is 1.78. The van der Waals surface area contributed by atoms with Gasteiger partial charge in [-0.1, -0.05) is 31.9 Å². The predicted molar refractivity (Wildman–Crippen MR) is 116 cm³/mol. The van der Waals surface area contributed by atoms with E-state index in [1.165, 1.54) is 0 Å². The minimum Gasteiger partial charge on any atom is -0.481 e. The third-order valence-electron chi connectivity index (χ3n) is 6.16. The number of benzene rings is 1. The van der Waals surface area contributed by atoms with Crippen LogP contribution < -0.4 is 5.32 Å². The van der Waals surface area contributed by atoms with Gasteiger partial charge in [0.05, 0.1) is 5.92 Å². The monoisotopic (exact) mass is 433 g/mol. The zero-order valence-electron chi connectivity index (χ0n) is 17.5. The van der Waals surface area contributed by atoms with Crippen molar-refractivity contribution in [1.82, 2.24) is 14.8 Å². The van der Waals surface area contributed by atoms with Gasteiger partial charge in [0.2, 0.25) is 5.91 Å². The SMILES string of the molecule is CC[C@H](C)[C@H](NC(=O)c1cc2cc(Cl)ccc2n1C)C(=O)N1CCC(C(=O)O)CC1. The van der Waals surface area contributed by atoms with Gasteiger partial charge in [-0.25, -0.2) is 0 Å². The van der Waals surface area contributed by atoms with Crippen LogP contribution >= 0.6 is 11.6 Å². The van der Waals surface area contributed by atoms with Gasteiger partial charge >= 0.3 is 5.97 Å². The largest absolute Gasteiger partial charge is 0.481 e. The number of fused-ring (bicyclic) bond motifs is 1. The summed E-state index contributed by atoms with van der Waals surface area (Å²) >= 11 is 6.07. The third kappa shape index (κ3) is 4.46. The summed E-state index contributed by atoms with van der Waals surface area (Å²) in [6.07, 6.45) is 1.60. The van der Waals surface area contributed by atoms with Crippen molar-refractivity contribution in [2.45, 2.75) is 39.2 Å². The quantitative estimate of drug-likeness (QED) is 0.731. The molecule has 2 amide bonds. The molecule has 8 heteroatoms. The second kappa shape index (κ2) is 9.08. The Hall–Kier alpha value is -2.54. The van der Waals surface area contributed by atoms with Crippen LogP contribution in [0.2, 0.25) is 5.02 Å². The lowest BCUT2D eigenvalue weighted by atomic mass is 9.93. The second-order valence-electron chi connectivity index (χ2n) is 8.07. The number of carbonyl (C=O) groups excluding carboxylic acids is 2. The van der Waals surface area contributed by atoms with E-state index in [2.05, 4.69) is 5.32 Å². The molecule has 30 heavy (non-hydrogen) atoms. The summed E-state index contributed by atoms with van der Waals surface area (Å²) in [6.45, 7) is 4.71. The van der Waals surface area contributed by atoms with Crippen LogP contribution in [-0.4, -0.2) is 51.5 Å². The van der Waals surface area contributed by atoms with Crippen molar-refractivity contribution in [3.63, 3.8) is 0 Å². The molecule has 2 heterocycles. The number of piperidine rings is 1. The molecule has 162 valence electrons. The van der Waals surface area contributed by atoms with Crippen molar-refractivity contribution in [1.29, 1.82) is 0 Å². The fraction of sp³-hybridized carbons (Fsp3) is 0.500. The number of nitrogens with one attached hydrogen (secondary N) is 1. The van der Waals surface area contributed by atoms with E-state index in [1.54, 1.807) is 27.7 Å². The normalized spacial score (nSPS) is 17.0. The molecule has 1 aromatic carbocycles. The number of hydrogen-bond donors (Lipinski definition) is 2. The summed E-state index contributed by atoms with van der Waals surface area (Å²) in [5, 5.41) is 13.6. The number of rotatable bonds is 6. The van der Waals surface area contributed by atoms with Crippen LogP contribution in [0.15, 0.2) is 24.3 Å². The number of amides is 2. The van der Waals surface area contributed by atoms with E-state index < -0.39 is 17.9 Å². The van der Waals surface area contributed by atoms with Crippen LogP contribution in [0, 0.1) is 11.8 Å². The van der Waals surface area contributed by atoms with Gasteiger partial charge in [-0.2, -0.15) is 0 Å². The first-order valence-corrected chi connectivity index (χ1v) is 10.7. The van der Waals surface area contributed by atoms with Gasteiger partial charge in [-0.05, 0) is 43.0 Å². The average Bonchev–Trinajstić information content (AvgIpc) is 3.06. The van der Waals surface area contributed by atoms with Gasteiger partial charge in [0.1, 0.15) is 11.7 Å². The molecule has 1 fully saturated rings. The van der Waals surface area contributed by atoms with E-state index in [1.807, 2.05) is 27.0 Å². The summed E-state index contributed by atoms with van der Waals surface area (Å²) < 4.78 is 1.79. The van der Waals surface area contributed by atoms with Gasteiger partial charge < -0.3 is 19.9 Å². The summed E-state index contributed by atoms with van der Waals surface area (Å²) in [7, 11) is 1.81. The smallest absolute Gasteiger partial charge is 0.306 e. The Bertz CT molecular complexity index is 963. The Morgan fingerprint density at radius 3 is 2.50 bits per heavy atom. The first kappa shape index (κ1) is 22.2. The molecule has 0 spiro atoms. The Kier molecular flexibility index (Phi) is 6.71. The van der Waals surface area contributed by atoms with E-state index >= 15 is 0 Å². The standard InChI is InChI=1S/C22H28ClN3O4/c1-4-13(2)19(21(28)26-9-7-14(8-10-26)22(29)30)24-20(27)18-12-15-11-16(23)5-6-17(15)25(18)3/h5-6,11-14,19H,4,7-10H2,1-3H3,(H,24,27)(H,29,30)/t13-,19-/m0/s1. The zero-order chi connectivity index (χ0) is 22.0. The Morgan fingerprint density at radius 1 is 1.23 bits per heavy atom. The second-order valence-corrected chi connectivity index (χ2v) is 8.50.